The topological polar surface area (TPSA) is 68.5 Å². The summed E-state index contributed by atoms with van der Waals surface area (Å²) >= 11 is 1.40. The van der Waals surface area contributed by atoms with E-state index in [2.05, 4.69) is 0 Å². The van der Waals surface area contributed by atoms with E-state index in [9.17, 15) is 9.59 Å². The maximum absolute atomic E-state index is 11.9. The van der Waals surface area contributed by atoms with Gasteiger partial charge in [0.2, 0.25) is 0 Å². The van der Waals surface area contributed by atoms with Crippen LogP contribution in [0.15, 0.2) is 29.1 Å². The molecule has 1 aromatic heterocycles. The first-order valence-electron chi connectivity index (χ1n) is 5.57. The predicted molar refractivity (Wildman–Crippen MR) is 69.2 cm³/mol. The van der Waals surface area contributed by atoms with Crippen molar-refractivity contribution in [1.82, 2.24) is 3.96 Å². The van der Waals surface area contributed by atoms with E-state index in [1.807, 2.05) is 18.2 Å². The molecule has 0 atom stereocenters. The van der Waals surface area contributed by atoms with Crippen molar-refractivity contribution in [2.45, 2.75) is 13.0 Å². The molecule has 2 aromatic rings. The molecule has 0 amide bonds. The van der Waals surface area contributed by atoms with Crippen LogP contribution in [0.2, 0.25) is 0 Å². The molecule has 0 radical (unpaired) electrons. The Hall–Kier alpha value is -1.66. The van der Waals surface area contributed by atoms with Crippen LogP contribution >= 0.6 is 11.5 Å². The highest BCUT2D eigenvalue weighted by Gasteiger charge is 2.06. The zero-order valence-electron chi connectivity index (χ0n) is 9.67. The Labute approximate surface area is 107 Å². The Morgan fingerprint density at radius 3 is 2.83 bits per heavy atom. The number of carbonyl (C=O) groups is 1. The molecule has 1 N–H and O–H groups in total. The number of hydrogen-bond acceptors (Lipinski definition) is 4. The minimum atomic E-state index is -0.881. The zero-order chi connectivity index (χ0) is 13.0. The van der Waals surface area contributed by atoms with E-state index in [4.69, 9.17) is 9.84 Å². The van der Waals surface area contributed by atoms with E-state index in [0.717, 1.165) is 4.70 Å². The van der Waals surface area contributed by atoms with Crippen molar-refractivity contribution in [1.29, 1.82) is 0 Å². The fraction of sp³-hybridized carbons (Fsp3) is 0.333. The third-order valence-corrected chi connectivity index (χ3v) is 3.57. The molecule has 2 rings (SSSR count). The van der Waals surface area contributed by atoms with E-state index in [1.54, 1.807) is 10.0 Å². The lowest BCUT2D eigenvalue weighted by molar-refractivity contribution is -0.138. The number of benzene rings is 1. The van der Waals surface area contributed by atoms with Crippen molar-refractivity contribution < 1.29 is 14.6 Å². The predicted octanol–water partition coefficient (Wildman–Crippen LogP) is 1.55. The maximum atomic E-state index is 11.9. The van der Waals surface area contributed by atoms with E-state index in [0.29, 0.717) is 18.5 Å². The van der Waals surface area contributed by atoms with Crippen LogP contribution in [0.3, 0.4) is 0 Å². The molecular formula is C12H13NO4S. The lowest BCUT2D eigenvalue weighted by Crippen LogP contribution is -2.16. The number of aromatic nitrogens is 1. The molecule has 0 saturated heterocycles. The second kappa shape index (κ2) is 5.79. The van der Waals surface area contributed by atoms with Gasteiger partial charge in [-0.3, -0.25) is 13.5 Å². The smallest absolute Gasteiger partial charge is 0.305 e. The first-order chi connectivity index (χ1) is 8.68. The largest absolute Gasteiger partial charge is 0.481 e. The maximum Gasteiger partial charge on any atom is 0.305 e. The van der Waals surface area contributed by atoms with Gasteiger partial charge in [0.05, 0.1) is 36.3 Å². The van der Waals surface area contributed by atoms with Gasteiger partial charge in [0.15, 0.2) is 0 Å². The number of carboxylic acid groups (broad SMARTS) is 1. The molecule has 0 spiro atoms. The summed E-state index contributed by atoms with van der Waals surface area (Å²) < 4.78 is 7.75. The highest BCUT2D eigenvalue weighted by molar-refractivity contribution is 7.13. The summed E-state index contributed by atoms with van der Waals surface area (Å²) in [5, 5.41) is 9.15. The minimum absolute atomic E-state index is 0.0126. The quantitative estimate of drug-likeness (QED) is 0.806. The first kappa shape index (κ1) is 12.8. The van der Waals surface area contributed by atoms with Crippen molar-refractivity contribution in [2.24, 2.45) is 0 Å². The van der Waals surface area contributed by atoms with Crippen molar-refractivity contribution >= 4 is 27.6 Å². The lowest BCUT2D eigenvalue weighted by atomic mass is 10.3. The van der Waals surface area contributed by atoms with E-state index < -0.39 is 5.97 Å². The molecule has 1 aromatic carbocycles. The summed E-state index contributed by atoms with van der Waals surface area (Å²) in [4.78, 5) is 22.2. The number of aliphatic carboxylic acids is 1. The molecule has 0 bridgehead atoms. The van der Waals surface area contributed by atoms with Gasteiger partial charge in [0.1, 0.15) is 0 Å². The van der Waals surface area contributed by atoms with Gasteiger partial charge in [0, 0.05) is 0 Å². The summed E-state index contributed by atoms with van der Waals surface area (Å²) in [7, 11) is 0. The van der Waals surface area contributed by atoms with Crippen LogP contribution in [0.5, 0.6) is 0 Å². The van der Waals surface area contributed by atoms with Gasteiger partial charge in [-0.25, -0.2) is 0 Å². The average molecular weight is 267 g/mol. The van der Waals surface area contributed by atoms with E-state index >= 15 is 0 Å². The number of rotatable bonds is 6. The number of ether oxygens (including phenoxy) is 1. The van der Waals surface area contributed by atoms with Crippen LogP contribution in [0, 0.1) is 0 Å². The molecule has 0 aliphatic rings. The van der Waals surface area contributed by atoms with Gasteiger partial charge in [-0.15, -0.1) is 0 Å². The minimum Gasteiger partial charge on any atom is -0.481 e. The van der Waals surface area contributed by atoms with E-state index in [1.165, 1.54) is 11.5 Å². The van der Waals surface area contributed by atoms with Crippen LogP contribution in [-0.4, -0.2) is 28.2 Å². The number of nitrogens with zero attached hydrogens (tertiary/aromatic N) is 1. The molecule has 0 aliphatic carbocycles. The zero-order valence-corrected chi connectivity index (χ0v) is 10.5. The Balaban J connectivity index is 1.94. The fourth-order valence-corrected chi connectivity index (χ4v) is 2.55. The van der Waals surface area contributed by atoms with Crippen molar-refractivity contribution in [3.8, 4) is 0 Å². The van der Waals surface area contributed by atoms with Crippen molar-refractivity contribution in [3.63, 3.8) is 0 Å². The molecular weight excluding hydrogens is 254 g/mol. The van der Waals surface area contributed by atoms with Gasteiger partial charge in [-0.05, 0) is 12.1 Å². The summed E-state index contributed by atoms with van der Waals surface area (Å²) in [5.74, 6) is -0.881. The monoisotopic (exact) mass is 267 g/mol. The SMILES string of the molecule is O=C(O)CCOCCn1sc2ccccc2c1=O. The van der Waals surface area contributed by atoms with Gasteiger partial charge in [-0.1, -0.05) is 23.7 Å². The number of fused-ring (bicyclic) bond motifs is 1. The standard InChI is InChI=1S/C12H13NO4S/c14-11(15)5-7-17-8-6-13-12(16)9-3-1-2-4-10(9)18-13/h1-4H,5-8H2,(H,14,15). The molecule has 96 valence electrons. The van der Waals surface area contributed by atoms with Crippen LogP contribution in [-0.2, 0) is 16.1 Å². The summed E-state index contributed by atoms with van der Waals surface area (Å²) in [5.41, 5.74) is -0.0163. The van der Waals surface area contributed by atoms with Crippen LogP contribution in [0.1, 0.15) is 6.42 Å². The summed E-state index contributed by atoms with van der Waals surface area (Å²) in [6, 6.07) is 7.44. The van der Waals surface area contributed by atoms with Crippen molar-refractivity contribution in [3.05, 3.63) is 34.6 Å². The van der Waals surface area contributed by atoms with Gasteiger partial charge in [-0.2, -0.15) is 0 Å². The Morgan fingerprint density at radius 1 is 1.33 bits per heavy atom. The average Bonchev–Trinajstić information content (AvgIpc) is 2.66. The fourth-order valence-electron chi connectivity index (χ4n) is 1.57. The lowest BCUT2D eigenvalue weighted by Gasteiger charge is -2.01. The number of carboxylic acids is 1. The van der Waals surface area contributed by atoms with E-state index in [-0.39, 0.29) is 18.6 Å². The summed E-state index contributed by atoms with van der Waals surface area (Å²) in [6.45, 7) is 0.979. The van der Waals surface area contributed by atoms with Crippen molar-refractivity contribution in [2.75, 3.05) is 13.2 Å². The second-order valence-electron chi connectivity index (χ2n) is 3.75. The molecule has 1 heterocycles. The third kappa shape index (κ3) is 2.96. The highest BCUT2D eigenvalue weighted by atomic mass is 32.1. The normalized spacial score (nSPS) is 10.9. The van der Waals surface area contributed by atoms with Gasteiger partial charge >= 0.3 is 5.97 Å². The molecule has 0 saturated carbocycles. The number of hydrogen-bond donors (Lipinski definition) is 1. The first-order valence-corrected chi connectivity index (χ1v) is 6.34. The molecule has 6 heteroatoms. The van der Waals surface area contributed by atoms with Crippen LogP contribution in [0.4, 0.5) is 0 Å². The molecule has 0 unspecified atom stereocenters. The van der Waals surface area contributed by atoms with Crippen LogP contribution < -0.4 is 5.56 Å². The highest BCUT2D eigenvalue weighted by Crippen LogP contribution is 2.15. The van der Waals surface area contributed by atoms with Gasteiger partial charge < -0.3 is 9.84 Å². The third-order valence-electron chi connectivity index (χ3n) is 2.45. The Bertz CT molecular complexity index is 601. The second-order valence-corrected chi connectivity index (χ2v) is 4.81. The van der Waals surface area contributed by atoms with Crippen LogP contribution in [0.25, 0.3) is 10.1 Å². The molecule has 0 fully saturated rings. The Morgan fingerprint density at radius 2 is 2.11 bits per heavy atom. The van der Waals surface area contributed by atoms with Gasteiger partial charge in [0.25, 0.3) is 5.56 Å². The molecule has 0 aliphatic heterocycles. The molecule has 18 heavy (non-hydrogen) atoms. The Kier molecular flexibility index (Phi) is 4.11. The molecule has 5 nitrogen and oxygen atoms in total. The summed E-state index contributed by atoms with van der Waals surface area (Å²) in [6.07, 6.45) is -0.0126.